The number of likely N-dealkylation sites (N-methyl/N-ethyl adjacent to an activating group) is 1. The zero-order valence-electron chi connectivity index (χ0n) is 15.5. The average Bonchev–Trinajstić information content (AvgIpc) is 2.61. The van der Waals surface area contributed by atoms with Gasteiger partial charge in [-0.1, -0.05) is 0 Å². The van der Waals surface area contributed by atoms with Gasteiger partial charge in [0, 0.05) is 30.0 Å². The Morgan fingerprint density at radius 2 is 2.07 bits per heavy atom. The summed E-state index contributed by atoms with van der Waals surface area (Å²) in [4.78, 5) is 26.2. The molecule has 1 heterocycles. The number of rotatable bonds is 7. The predicted octanol–water partition coefficient (Wildman–Crippen LogP) is 1.75. The van der Waals surface area contributed by atoms with Crippen LogP contribution in [0.2, 0.25) is 0 Å². The number of nitrogens with zero attached hydrogens (tertiary/aromatic N) is 2. The molecule has 0 bridgehead atoms. The smallest absolute Gasteiger partial charge is 0.370 e. The highest BCUT2D eigenvalue weighted by Gasteiger charge is 2.34. The van der Waals surface area contributed by atoms with Crippen molar-refractivity contribution in [2.24, 2.45) is 5.73 Å². The molecule has 1 aromatic rings. The Labute approximate surface area is 163 Å². The predicted molar refractivity (Wildman–Crippen MR) is 94.7 cm³/mol. The molecule has 1 saturated heterocycles. The van der Waals surface area contributed by atoms with E-state index in [0.717, 1.165) is 13.1 Å². The van der Waals surface area contributed by atoms with Crippen molar-refractivity contribution in [2.45, 2.75) is 18.6 Å². The number of carbonyl (C=O) groups excluding carboxylic acids is 2. The van der Waals surface area contributed by atoms with Gasteiger partial charge in [0.25, 0.3) is 12.3 Å². The number of amides is 2. The number of carbonyl (C=O) groups is 2. The lowest BCUT2D eigenvalue weighted by Crippen LogP contribution is -2.49. The summed E-state index contributed by atoms with van der Waals surface area (Å²) in [5, 5.41) is 2.21. The van der Waals surface area contributed by atoms with E-state index < -0.39 is 49.1 Å². The number of nitrogens with two attached hydrogens (primary N) is 1. The Balaban J connectivity index is 2.22. The summed E-state index contributed by atoms with van der Waals surface area (Å²) in [6, 6.07) is 2.22. The molecule has 1 fully saturated rings. The van der Waals surface area contributed by atoms with E-state index in [0.29, 0.717) is 4.90 Å². The number of morpholine rings is 1. The highest BCUT2D eigenvalue weighted by atomic mass is 19.4. The average molecular weight is 424 g/mol. The molecular formula is C17H21F5N4O3. The molecule has 0 saturated carbocycles. The van der Waals surface area contributed by atoms with Gasteiger partial charge in [-0.05, 0) is 25.2 Å². The van der Waals surface area contributed by atoms with Crippen LogP contribution >= 0.6 is 0 Å². The van der Waals surface area contributed by atoms with Gasteiger partial charge in [-0.2, -0.15) is 13.2 Å². The quantitative estimate of drug-likeness (QED) is 0.652. The monoisotopic (exact) mass is 424 g/mol. The van der Waals surface area contributed by atoms with Crippen molar-refractivity contribution in [1.82, 2.24) is 4.90 Å². The number of alkyl halides is 5. The minimum absolute atomic E-state index is 0.174. The van der Waals surface area contributed by atoms with Gasteiger partial charge >= 0.3 is 6.18 Å². The van der Waals surface area contributed by atoms with Crippen LogP contribution in [-0.4, -0.2) is 68.8 Å². The van der Waals surface area contributed by atoms with Crippen molar-refractivity contribution in [3.05, 3.63) is 23.8 Å². The maximum Gasteiger partial charge on any atom is 0.401 e. The van der Waals surface area contributed by atoms with Crippen LogP contribution in [-0.2, 0) is 14.3 Å². The molecule has 2 amide bonds. The Bertz CT molecular complexity index is 744. The third-order valence-corrected chi connectivity index (χ3v) is 4.31. The lowest BCUT2D eigenvalue weighted by atomic mass is 10.1. The second kappa shape index (κ2) is 9.46. The normalized spacial score (nSPS) is 16.4. The molecule has 12 heteroatoms. The van der Waals surface area contributed by atoms with Gasteiger partial charge in [0.1, 0.15) is 12.6 Å². The molecule has 2 rings (SSSR count). The van der Waals surface area contributed by atoms with Crippen molar-refractivity contribution in [2.75, 3.05) is 50.1 Å². The van der Waals surface area contributed by atoms with E-state index in [1.54, 1.807) is 0 Å². The van der Waals surface area contributed by atoms with Crippen LogP contribution in [0.1, 0.15) is 12.0 Å². The van der Waals surface area contributed by atoms with Gasteiger partial charge in [0.05, 0.1) is 13.2 Å². The maximum absolute atomic E-state index is 13.5. The van der Waals surface area contributed by atoms with Crippen LogP contribution in [0.5, 0.6) is 0 Å². The molecule has 1 atom stereocenters. The number of hydrogen-bond acceptors (Lipinski definition) is 5. The molecular weight excluding hydrogens is 403 g/mol. The fourth-order valence-electron chi connectivity index (χ4n) is 2.90. The number of ether oxygens (including phenoxy) is 1. The van der Waals surface area contributed by atoms with E-state index in [-0.39, 0.29) is 31.1 Å². The van der Waals surface area contributed by atoms with E-state index >= 15 is 0 Å². The number of nitrogens with one attached hydrogen (secondary N) is 1. The SMILES string of the molecule is CN(CC(F)(F)F)[C@H](CN)C(=O)Nc1ccc(N2CCOCC2=O)cc1C(F)F. The second-order valence-electron chi connectivity index (χ2n) is 6.44. The van der Waals surface area contributed by atoms with Gasteiger partial charge in [-0.3, -0.25) is 14.5 Å². The first-order chi connectivity index (χ1) is 13.5. The minimum atomic E-state index is -4.55. The molecule has 1 aliphatic rings. The summed E-state index contributed by atoms with van der Waals surface area (Å²) >= 11 is 0. The Kier molecular flexibility index (Phi) is 7.49. The standard InChI is InChI=1S/C17H21F5N4O3/c1-25(9-17(20,21)22)13(7-23)16(28)24-12-3-2-10(6-11(12)15(18)19)26-4-5-29-8-14(26)27/h2-3,6,13,15H,4-5,7-9,23H2,1H3,(H,24,28)/t13-/m1/s1. The third-order valence-electron chi connectivity index (χ3n) is 4.31. The van der Waals surface area contributed by atoms with Crippen molar-refractivity contribution >= 4 is 23.2 Å². The molecule has 162 valence electrons. The molecule has 1 aliphatic heterocycles. The maximum atomic E-state index is 13.5. The van der Waals surface area contributed by atoms with Crippen LogP contribution in [0, 0.1) is 0 Å². The van der Waals surface area contributed by atoms with Gasteiger partial charge in [-0.15, -0.1) is 0 Å². The fraction of sp³-hybridized carbons (Fsp3) is 0.529. The van der Waals surface area contributed by atoms with Crippen LogP contribution in [0.3, 0.4) is 0 Å². The second-order valence-corrected chi connectivity index (χ2v) is 6.44. The lowest BCUT2D eigenvalue weighted by molar-refractivity contribution is -0.150. The highest BCUT2D eigenvalue weighted by molar-refractivity contribution is 5.97. The topological polar surface area (TPSA) is 87.9 Å². The Morgan fingerprint density at radius 3 is 2.62 bits per heavy atom. The van der Waals surface area contributed by atoms with Gasteiger partial charge < -0.3 is 20.7 Å². The third kappa shape index (κ3) is 6.08. The van der Waals surface area contributed by atoms with Gasteiger partial charge in [0.15, 0.2) is 0 Å². The first-order valence-electron chi connectivity index (χ1n) is 8.61. The summed E-state index contributed by atoms with van der Waals surface area (Å²) < 4.78 is 69.7. The van der Waals surface area contributed by atoms with Crippen LogP contribution < -0.4 is 16.0 Å². The van der Waals surface area contributed by atoms with Crippen LogP contribution in [0.4, 0.5) is 33.3 Å². The minimum Gasteiger partial charge on any atom is -0.370 e. The zero-order chi connectivity index (χ0) is 21.8. The lowest BCUT2D eigenvalue weighted by Gasteiger charge is -2.28. The summed E-state index contributed by atoms with van der Waals surface area (Å²) in [5.41, 5.74) is 4.78. The summed E-state index contributed by atoms with van der Waals surface area (Å²) in [7, 11) is 1.06. The van der Waals surface area contributed by atoms with Gasteiger partial charge in [0.2, 0.25) is 5.91 Å². The molecule has 3 N–H and O–H groups in total. The Hall–Kier alpha value is -2.31. The number of halogens is 5. The van der Waals surface area contributed by atoms with Crippen molar-refractivity contribution in [3.8, 4) is 0 Å². The zero-order valence-corrected chi connectivity index (χ0v) is 15.5. The van der Waals surface area contributed by atoms with Crippen LogP contribution in [0.15, 0.2) is 18.2 Å². The van der Waals surface area contributed by atoms with E-state index in [2.05, 4.69) is 5.32 Å². The molecule has 0 aromatic heterocycles. The van der Waals surface area contributed by atoms with E-state index in [4.69, 9.17) is 10.5 Å². The van der Waals surface area contributed by atoms with Crippen molar-refractivity contribution in [3.63, 3.8) is 0 Å². The first-order valence-corrected chi connectivity index (χ1v) is 8.61. The molecule has 29 heavy (non-hydrogen) atoms. The molecule has 7 nitrogen and oxygen atoms in total. The van der Waals surface area contributed by atoms with Gasteiger partial charge in [-0.25, -0.2) is 8.78 Å². The first kappa shape index (κ1) is 23.0. The summed E-state index contributed by atoms with van der Waals surface area (Å²) in [6.45, 7) is -1.57. The fourth-order valence-corrected chi connectivity index (χ4v) is 2.90. The highest BCUT2D eigenvalue weighted by Crippen LogP contribution is 2.32. The summed E-state index contributed by atoms with van der Waals surface area (Å²) in [6.07, 6.45) is -7.55. The largest absolute Gasteiger partial charge is 0.401 e. The molecule has 0 spiro atoms. The van der Waals surface area contributed by atoms with E-state index in [1.165, 1.54) is 17.0 Å². The van der Waals surface area contributed by atoms with E-state index in [9.17, 15) is 31.5 Å². The summed E-state index contributed by atoms with van der Waals surface area (Å²) in [5.74, 6) is -1.35. The molecule has 1 aromatic carbocycles. The molecule has 0 radical (unpaired) electrons. The van der Waals surface area contributed by atoms with Crippen molar-refractivity contribution < 1.29 is 36.3 Å². The molecule has 0 aliphatic carbocycles. The number of anilines is 2. The van der Waals surface area contributed by atoms with E-state index in [1.807, 2.05) is 0 Å². The Morgan fingerprint density at radius 1 is 1.38 bits per heavy atom. The van der Waals surface area contributed by atoms with Crippen LogP contribution in [0.25, 0.3) is 0 Å². The van der Waals surface area contributed by atoms with Crippen molar-refractivity contribution in [1.29, 1.82) is 0 Å². The molecule has 0 unspecified atom stereocenters. The number of benzene rings is 1. The number of hydrogen-bond donors (Lipinski definition) is 2.